The highest BCUT2D eigenvalue weighted by Crippen LogP contribution is 2.27. The van der Waals surface area contributed by atoms with Gasteiger partial charge in [-0.25, -0.2) is 0 Å². The summed E-state index contributed by atoms with van der Waals surface area (Å²) in [5, 5.41) is 8.69. The predicted molar refractivity (Wildman–Crippen MR) is 61.8 cm³/mol. The molecule has 1 heterocycles. The van der Waals surface area contributed by atoms with Crippen molar-refractivity contribution in [3.8, 4) is 6.07 Å². The van der Waals surface area contributed by atoms with E-state index in [2.05, 4.69) is 17.9 Å². The van der Waals surface area contributed by atoms with Crippen LogP contribution in [-0.2, 0) is 0 Å². The Kier molecular flexibility index (Phi) is 2.91. The van der Waals surface area contributed by atoms with Crippen LogP contribution in [0, 0.1) is 17.2 Å². The number of nitrogens with zero attached hydrogens (tertiary/aromatic N) is 2. The van der Waals surface area contributed by atoms with Crippen molar-refractivity contribution in [3.63, 3.8) is 0 Å². The van der Waals surface area contributed by atoms with Crippen molar-refractivity contribution in [2.45, 2.75) is 19.8 Å². The van der Waals surface area contributed by atoms with Gasteiger partial charge >= 0.3 is 0 Å². The lowest BCUT2D eigenvalue weighted by atomic mass is 9.94. The minimum Gasteiger partial charge on any atom is -0.371 e. The molecule has 78 valence electrons. The summed E-state index contributed by atoms with van der Waals surface area (Å²) in [4.78, 5) is 2.38. The lowest BCUT2D eigenvalue weighted by Gasteiger charge is -2.41. The fraction of sp³-hybridized carbons (Fsp3) is 0.462. The van der Waals surface area contributed by atoms with Gasteiger partial charge in [0.1, 0.15) is 0 Å². The zero-order valence-corrected chi connectivity index (χ0v) is 9.11. The number of benzene rings is 1. The average Bonchev–Trinajstić information content (AvgIpc) is 2.23. The second-order valence-electron chi connectivity index (χ2n) is 4.22. The predicted octanol–water partition coefficient (Wildman–Crippen LogP) is 2.79. The zero-order chi connectivity index (χ0) is 10.7. The summed E-state index contributed by atoms with van der Waals surface area (Å²) in [5.41, 5.74) is 1.99. The number of anilines is 1. The standard InChI is InChI=1S/C13H16N2/c1-2-3-12-9-15(10-12)13-6-4-11(8-14)5-7-13/h4-7,12H,2-3,9-10H2,1H3. The van der Waals surface area contributed by atoms with Crippen LogP contribution < -0.4 is 4.90 Å². The number of hydrogen-bond acceptors (Lipinski definition) is 2. The molecule has 0 aromatic heterocycles. The van der Waals surface area contributed by atoms with Crippen LogP contribution in [0.15, 0.2) is 24.3 Å². The van der Waals surface area contributed by atoms with Crippen LogP contribution in [0.3, 0.4) is 0 Å². The van der Waals surface area contributed by atoms with E-state index in [1.54, 1.807) is 0 Å². The van der Waals surface area contributed by atoms with Gasteiger partial charge in [-0.05, 0) is 36.6 Å². The van der Waals surface area contributed by atoms with E-state index in [9.17, 15) is 0 Å². The van der Waals surface area contributed by atoms with Crippen molar-refractivity contribution in [1.82, 2.24) is 0 Å². The molecule has 2 nitrogen and oxygen atoms in total. The Bertz CT molecular complexity index is 355. The molecule has 1 saturated heterocycles. The number of hydrogen-bond donors (Lipinski definition) is 0. The van der Waals surface area contributed by atoms with Gasteiger partial charge in [-0.15, -0.1) is 0 Å². The minimum atomic E-state index is 0.740. The first-order chi connectivity index (χ1) is 7.33. The van der Waals surface area contributed by atoms with Crippen molar-refractivity contribution < 1.29 is 0 Å². The fourth-order valence-corrected chi connectivity index (χ4v) is 2.12. The maximum atomic E-state index is 8.69. The third kappa shape index (κ3) is 2.12. The quantitative estimate of drug-likeness (QED) is 0.750. The first-order valence-corrected chi connectivity index (χ1v) is 5.58. The van der Waals surface area contributed by atoms with Crippen LogP contribution in [0.2, 0.25) is 0 Å². The molecule has 0 amide bonds. The lowest BCUT2D eigenvalue weighted by molar-refractivity contribution is 0.381. The molecule has 0 aliphatic carbocycles. The van der Waals surface area contributed by atoms with E-state index in [0.29, 0.717) is 0 Å². The molecule has 15 heavy (non-hydrogen) atoms. The average molecular weight is 200 g/mol. The Hall–Kier alpha value is -1.49. The third-order valence-electron chi connectivity index (χ3n) is 3.02. The second-order valence-corrected chi connectivity index (χ2v) is 4.22. The van der Waals surface area contributed by atoms with E-state index in [-0.39, 0.29) is 0 Å². The number of rotatable bonds is 3. The van der Waals surface area contributed by atoms with E-state index < -0.39 is 0 Å². The van der Waals surface area contributed by atoms with Gasteiger partial charge in [0.2, 0.25) is 0 Å². The fourth-order valence-electron chi connectivity index (χ4n) is 2.12. The van der Waals surface area contributed by atoms with Crippen LogP contribution in [0.4, 0.5) is 5.69 Å². The van der Waals surface area contributed by atoms with Crippen molar-refractivity contribution in [2.24, 2.45) is 5.92 Å². The Morgan fingerprint density at radius 1 is 1.33 bits per heavy atom. The largest absolute Gasteiger partial charge is 0.371 e. The Morgan fingerprint density at radius 2 is 2.00 bits per heavy atom. The van der Waals surface area contributed by atoms with Gasteiger partial charge in [-0.3, -0.25) is 0 Å². The molecular formula is C13H16N2. The third-order valence-corrected chi connectivity index (χ3v) is 3.02. The summed E-state index contributed by atoms with van der Waals surface area (Å²) < 4.78 is 0. The smallest absolute Gasteiger partial charge is 0.0991 e. The monoisotopic (exact) mass is 200 g/mol. The molecule has 0 saturated carbocycles. The Morgan fingerprint density at radius 3 is 2.53 bits per heavy atom. The van der Waals surface area contributed by atoms with Gasteiger partial charge < -0.3 is 4.90 Å². The molecule has 0 unspecified atom stereocenters. The molecule has 0 N–H and O–H groups in total. The van der Waals surface area contributed by atoms with Crippen LogP contribution in [0.25, 0.3) is 0 Å². The van der Waals surface area contributed by atoms with Crippen LogP contribution >= 0.6 is 0 Å². The first-order valence-electron chi connectivity index (χ1n) is 5.58. The van der Waals surface area contributed by atoms with E-state index >= 15 is 0 Å². The summed E-state index contributed by atoms with van der Waals surface area (Å²) in [6.45, 7) is 4.60. The lowest BCUT2D eigenvalue weighted by Crippen LogP contribution is -2.46. The second kappa shape index (κ2) is 4.35. The molecule has 0 radical (unpaired) electrons. The van der Waals surface area contributed by atoms with Gasteiger partial charge in [-0.1, -0.05) is 13.3 Å². The molecule has 1 aliphatic heterocycles. The van der Waals surface area contributed by atoms with E-state index in [4.69, 9.17) is 5.26 Å². The highest BCUT2D eigenvalue weighted by Gasteiger charge is 2.25. The van der Waals surface area contributed by atoms with Crippen LogP contribution in [0.5, 0.6) is 0 Å². The summed E-state index contributed by atoms with van der Waals surface area (Å²) in [5.74, 6) is 0.880. The van der Waals surface area contributed by atoms with Gasteiger partial charge in [0.05, 0.1) is 11.6 Å². The molecule has 0 spiro atoms. The Labute approximate surface area is 91.1 Å². The normalized spacial score (nSPS) is 15.9. The van der Waals surface area contributed by atoms with Crippen molar-refractivity contribution in [1.29, 1.82) is 5.26 Å². The van der Waals surface area contributed by atoms with Crippen molar-refractivity contribution in [3.05, 3.63) is 29.8 Å². The van der Waals surface area contributed by atoms with Crippen molar-refractivity contribution >= 4 is 5.69 Å². The SMILES string of the molecule is CCCC1CN(c2ccc(C#N)cc2)C1. The molecule has 2 rings (SSSR count). The summed E-state index contributed by atoms with van der Waals surface area (Å²) in [6, 6.07) is 10.0. The van der Waals surface area contributed by atoms with Gasteiger partial charge in [-0.2, -0.15) is 5.26 Å². The van der Waals surface area contributed by atoms with Crippen LogP contribution in [0.1, 0.15) is 25.3 Å². The molecule has 2 heteroatoms. The van der Waals surface area contributed by atoms with E-state index in [1.165, 1.54) is 31.6 Å². The van der Waals surface area contributed by atoms with Gasteiger partial charge in [0.25, 0.3) is 0 Å². The Balaban J connectivity index is 1.93. The van der Waals surface area contributed by atoms with Crippen molar-refractivity contribution in [2.75, 3.05) is 18.0 Å². The highest BCUT2D eigenvalue weighted by atomic mass is 15.2. The van der Waals surface area contributed by atoms with Gasteiger partial charge in [0.15, 0.2) is 0 Å². The summed E-state index contributed by atoms with van der Waals surface area (Å²) in [6.07, 6.45) is 2.62. The topological polar surface area (TPSA) is 27.0 Å². The molecule has 0 atom stereocenters. The van der Waals surface area contributed by atoms with Crippen LogP contribution in [-0.4, -0.2) is 13.1 Å². The summed E-state index contributed by atoms with van der Waals surface area (Å²) >= 11 is 0. The molecule has 0 bridgehead atoms. The highest BCUT2D eigenvalue weighted by molar-refractivity contribution is 5.51. The maximum absolute atomic E-state index is 8.69. The summed E-state index contributed by atoms with van der Waals surface area (Å²) in [7, 11) is 0. The first kappa shape index (κ1) is 10.0. The number of nitriles is 1. The molecule has 1 fully saturated rings. The minimum absolute atomic E-state index is 0.740. The molecular weight excluding hydrogens is 184 g/mol. The van der Waals surface area contributed by atoms with E-state index in [1.807, 2.05) is 24.3 Å². The zero-order valence-electron chi connectivity index (χ0n) is 9.11. The molecule has 1 aliphatic rings. The van der Waals surface area contributed by atoms with E-state index in [0.717, 1.165) is 11.5 Å². The van der Waals surface area contributed by atoms with Gasteiger partial charge in [0, 0.05) is 18.8 Å². The molecule has 1 aromatic carbocycles. The maximum Gasteiger partial charge on any atom is 0.0991 e. The molecule has 1 aromatic rings.